The van der Waals surface area contributed by atoms with Gasteiger partial charge in [-0.05, 0) is 38.0 Å². The predicted octanol–water partition coefficient (Wildman–Crippen LogP) is 2.99. The molecule has 0 aromatic rings. The van der Waals surface area contributed by atoms with Gasteiger partial charge < -0.3 is 0 Å². The topological polar surface area (TPSA) is 35.8 Å². The van der Waals surface area contributed by atoms with Crippen molar-refractivity contribution in [3.63, 3.8) is 0 Å². The number of hydrogen-bond acceptors (Lipinski definition) is 2. The van der Waals surface area contributed by atoms with Crippen molar-refractivity contribution < 1.29 is 0 Å². The normalized spacial score (nSPS) is 37.7. The molecule has 2 heteroatoms. The molecule has 0 heterocycles. The Bertz CT molecular complexity index is 250. The SMILES string of the molecule is CC1CCC(C#N)(NC2CCCCC2)C1. The van der Waals surface area contributed by atoms with E-state index in [2.05, 4.69) is 18.3 Å². The predicted molar refractivity (Wildman–Crippen MR) is 61.4 cm³/mol. The molecular formula is C13H22N2. The van der Waals surface area contributed by atoms with E-state index in [1.165, 1.54) is 38.5 Å². The fourth-order valence-corrected chi connectivity index (χ4v) is 3.19. The Morgan fingerprint density at radius 2 is 1.93 bits per heavy atom. The second kappa shape index (κ2) is 4.53. The van der Waals surface area contributed by atoms with Crippen LogP contribution in [-0.2, 0) is 0 Å². The van der Waals surface area contributed by atoms with Gasteiger partial charge in [0.15, 0.2) is 0 Å². The lowest BCUT2D eigenvalue weighted by atomic mass is 9.90. The van der Waals surface area contributed by atoms with Crippen LogP contribution in [0.5, 0.6) is 0 Å². The molecule has 2 nitrogen and oxygen atoms in total. The highest BCUT2D eigenvalue weighted by Gasteiger charge is 2.39. The van der Waals surface area contributed by atoms with Crippen molar-refractivity contribution >= 4 is 0 Å². The summed E-state index contributed by atoms with van der Waals surface area (Å²) in [7, 11) is 0. The minimum Gasteiger partial charge on any atom is -0.297 e. The van der Waals surface area contributed by atoms with Crippen molar-refractivity contribution in [2.45, 2.75) is 69.9 Å². The molecule has 0 amide bonds. The highest BCUT2D eigenvalue weighted by atomic mass is 15.0. The average Bonchev–Trinajstić information content (AvgIpc) is 2.62. The van der Waals surface area contributed by atoms with Gasteiger partial charge in [-0.2, -0.15) is 5.26 Å². The Morgan fingerprint density at radius 3 is 2.47 bits per heavy atom. The van der Waals surface area contributed by atoms with Crippen molar-refractivity contribution in [3.8, 4) is 6.07 Å². The first-order valence-corrected chi connectivity index (χ1v) is 6.43. The molecule has 2 aliphatic carbocycles. The molecule has 0 aromatic heterocycles. The fraction of sp³-hybridized carbons (Fsp3) is 0.923. The third kappa shape index (κ3) is 2.52. The Labute approximate surface area is 93.0 Å². The van der Waals surface area contributed by atoms with E-state index in [4.69, 9.17) is 0 Å². The highest BCUT2D eigenvalue weighted by Crippen LogP contribution is 2.35. The molecule has 0 aliphatic heterocycles. The first-order valence-electron chi connectivity index (χ1n) is 6.43. The lowest BCUT2D eigenvalue weighted by molar-refractivity contribution is 0.292. The van der Waals surface area contributed by atoms with E-state index in [0.29, 0.717) is 6.04 Å². The first kappa shape index (κ1) is 11.0. The quantitative estimate of drug-likeness (QED) is 0.754. The van der Waals surface area contributed by atoms with Crippen LogP contribution in [0, 0.1) is 17.2 Å². The highest BCUT2D eigenvalue weighted by molar-refractivity contribution is 5.12. The van der Waals surface area contributed by atoms with Crippen molar-refractivity contribution in [1.29, 1.82) is 5.26 Å². The van der Waals surface area contributed by atoms with Gasteiger partial charge in [0.1, 0.15) is 5.54 Å². The van der Waals surface area contributed by atoms with Crippen LogP contribution in [0.25, 0.3) is 0 Å². The van der Waals surface area contributed by atoms with E-state index in [-0.39, 0.29) is 5.54 Å². The second-order valence-corrected chi connectivity index (χ2v) is 5.52. The maximum atomic E-state index is 9.35. The summed E-state index contributed by atoms with van der Waals surface area (Å²) in [6.07, 6.45) is 9.95. The summed E-state index contributed by atoms with van der Waals surface area (Å²) in [6, 6.07) is 3.16. The molecular weight excluding hydrogens is 184 g/mol. The molecule has 0 saturated heterocycles. The average molecular weight is 206 g/mol. The van der Waals surface area contributed by atoms with E-state index < -0.39 is 0 Å². The van der Waals surface area contributed by atoms with Crippen LogP contribution in [-0.4, -0.2) is 11.6 Å². The molecule has 0 spiro atoms. The molecule has 84 valence electrons. The van der Waals surface area contributed by atoms with Gasteiger partial charge in [0.25, 0.3) is 0 Å². The van der Waals surface area contributed by atoms with E-state index in [1.54, 1.807) is 0 Å². The molecule has 2 atom stereocenters. The van der Waals surface area contributed by atoms with Gasteiger partial charge in [-0.3, -0.25) is 5.32 Å². The zero-order chi connectivity index (χ0) is 10.7. The lowest BCUT2D eigenvalue weighted by Crippen LogP contribution is -2.48. The molecule has 1 N–H and O–H groups in total. The van der Waals surface area contributed by atoms with Crippen molar-refractivity contribution in [3.05, 3.63) is 0 Å². The largest absolute Gasteiger partial charge is 0.297 e. The summed E-state index contributed by atoms with van der Waals surface area (Å²) in [5, 5.41) is 13.0. The van der Waals surface area contributed by atoms with Crippen LogP contribution >= 0.6 is 0 Å². The summed E-state index contributed by atoms with van der Waals surface area (Å²) in [5.41, 5.74) is -0.179. The Balaban J connectivity index is 1.93. The monoisotopic (exact) mass is 206 g/mol. The molecule has 0 bridgehead atoms. The zero-order valence-electron chi connectivity index (χ0n) is 9.76. The first-order chi connectivity index (χ1) is 7.24. The Kier molecular flexibility index (Phi) is 3.31. The van der Waals surface area contributed by atoms with Crippen LogP contribution in [0.15, 0.2) is 0 Å². The number of nitrogens with zero attached hydrogens (tertiary/aromatic N) is 1. The minimum absolute atomic E-state index is 0.179. The number of nitrogens with one attached hydrogen (secondary N) is 1. The smallest absolute Gasteiger partial charge is 0.107 e. The molecule has 0 aromatic carbocycles. The number of nitriles is 1. The maximum absolute atomic E-state index is 9.35. The molecule has 15 heavy (non-hydrogen) atoms. The van der Waals surface area contributed by atoms with Gasteiger partial charge in [-0.15, -0.1) is 0 Å². The van der Waals surface area contributed by atoms with Gasteiger partial charge in [-0.25, -0.2) is 0 Å². The summed E-state index contributed by atoms with van der Waals surface area (Å²) in [4.78, 5) is 0. The fourth-order valence-electron chi connectivity index (χ4n) is 3.19. The summed E-state index contributed by atoms with van der Waals surface area (Å²) in [5.74, 6) is 0.723. The molecule has 2 saturated carbocycles. The van der Waals surface area contributed by atoms with E-state index in [0.717, 1.165) is 18.8 Å². The van der Waals surface area contributed by atoms with Gasteiger partial charge in [-0.1, -0.05) is 26.2 Å². The lowest BCUT2D eigenvalue weighted by Gasteiger charge is -2.31. The zero-order valence-corrected chi connectivity index (χ0v) is 9.76. The van der Waals surface area contributed by atoms with Crippen molar-refractivity contribution in [1.82, 2.24) is 5.32 Å². The summed E-state index contributed by atoms with van der Waals surface area (Å²) < 4.78 is 0. The third-order valence-electron chi connectivity index (χ3n) is 4.06. The maximum Gasteiger partial charge on any atom is 0.107 e. The summed E-state index contributed by atoms with van der Waals surface area (Å²) in [6.45, 7) is 2.27. The van der Waals surface area contributed by atoms with Crippen LogP contribution in [0.4, 0.5) is 0 Å². The van der Waals surface area contributed by atoms with Crippen LogP contribution in [0.1, 0.15) is 58.3 Å². The van der Waals surface area contributed by atoms with Crippen LogP contribution in [0.3, 0.4) is 0 Å². The van der Waals surface area contributed by atoms with Gasteiger partial charge >= 0.3 is 0 Å². The standard InChI is InChI=1S/C13H22N2/c1-11-7-8-13(9-11,10-14)15-12-5-3-2-4-6-12/h11-12,15H,2-9H2,1H3. The van der Waals surface area contributed by atoms with Gasteiger partial charge in [0.2, 0.25) is 0 Å². The Morgan fingerprint density at radius 1 is 1.20 bits per heavy atom. The van der Waals surface area contributed by atoms with E-state index in [9.17, 15) is 5.26 Å². The van der Waals surface area contributed by atoms with Gasteiger partial charge in [0, 0.05) is 6.04 Å². The van der Waals surface area contributed by atoms with E-state index in [1.807, 2.05) is 0 Å². The van der Waals surface area contributed by atoms with Crippen molar-refractivity contribution in [2.75, 3.05) is 0 Å². The third-order valence-corrected chi connectivity index (χ3v) is 4.06. The van der Waals surface area contributed by atoms with Gasteiger partial charge in [0.05, 0.1) is 6.07 Å². The molecule has 2 unspecified atom stereocenters. The molecule has 2 rings (SSSR count). The number of hydrogen-bond donors (Lipinski definition) is 1. The Hall–Kier alpha value is -0.550. The molecule has 0 radical (unpaired) electrons. The van der Waals surface area contributed by atoms with Crippen LogP contribution < -0.4 is 5.32 Å². The van der Waals surface area contributed by atoms with E-state index >= 15 is 0 Å². The number of rotatable bonds is 2. The van der Waals surface area contributed by atoms with Crippen molar-refractivity contribution in [2.24, 2.45) is 5.92 Å². The second-order valence-electron chi connectivity index (χ2n) is 5.52. The molecule has 2 fully saturated rings. The summed E-state index contributed by atoms with van der Waals surface area (Å²) >= 11 is 0. The molecule has 2 aliphatic rings. The van der Waals surface area contributed by atoms with Crippen LogP contribution in [0.2, 0.25) is 0 Å². The minimum atomic E-state index is -0.179.